The first-order valence-corrected chi connectivity index (χ1v) is 7.18. The second-order valence-corrected chi connectivity index (χ2v) is 5.94. The van der Waals surface area contributed by atoms with E-state index in [1.807, 2.05) is 0 Å². The zero-order valence-electron chi connectivity index (χ0n) is 9.69. The summed E-state index contributed by atoms with van der Waals surface area (Å²) in [5.74, 6) is -3.32. The average Bonchev–Trinajstić information content (AvgIpc) is 2.51. The first kappa shape index (κ1) is 14.7. The molecule has 1 saturated heterocycles. The third kappa shape index (κ3) is 4.13. The molecule has 17 heavy (non-hydrogen) atoms. The second-order valence-electron chi connectivity index (χ2n) is 4.04. The average molecular weight is 271 g/mol. The highest BCUT2D eigenvalue weighted by Gasteiger charge is 2.32. The van der Waals surface area contributed by atoms with E-state index in [1.54, 1.807) is 0 Å². The molecule has 1 heterocycles. The van der Waals surface area contributed by atoms with Crippen LogP contribution in [0, 0.1) is 0 Å². The predicted octanol–water partition coefficient (Wildman–Crippen LogP) is -0.105. The first-order chi connectivity index (χ1) is 7.98. The molecule has 5 nitrogen and oxygen atoms in total. The third-order valence-corrected chi connectivity index (χ3v) is 4.35. The normalized spacial score (nSPS) is 20.7. The summed E-state index contributed by atoms with van der Waals surface area (Å²) in [4.78, 5) is 2.06. The Hall–Kier alpha value is -0.310. The number of hydrogen-bond acceptors (Lipinski definition) is 4. The van der Waals surface area contributed by atoms with E-state index in [2.05, 4.69) is 4.90 Å². The minimum absolute atomic E-state index is 0.136. The van der Waals surface area contributed by atoms with Gasteiger partial charge in [-0.3, -0.25) is 0 Å². The van der Waals surface area contributed by atoms with Crippen LogP contribution in [0.3, 0.4) is 0 Å². The van der Waals surface area contributed by atoms with Crippen molar-refractivity contribution in [3.8, 4) is 0 Å². The SMILES string of the molecule is NCCCN1CCCN(S(=O)(=O)C(F)F)CC1. The zero-order chi connectivity index (χ0) is 12.9. The summed E-state index contributed by atoms with van der Waals surface area (Å²) in [5.41, 5.74) is 5.39. The van der Waals surface area contributed by atoms with Crippen LogP contribution in [0.25, 0.3) is 0 Å². The van der Waals surface area contributed by atoms with Crippen molar-refractivity contribution in [2.45, 2.75) is 18.6 Å². The van der Waals surface area contributed by atoms with E-state index >= 15 is 0 Å². The molecule has 102 valence electrons. The molecule has 1 aliphatic heterocycles. The number of rotatable bonds is 5. The second kappa shape index (κ2) is 6.58. The van der Waals surface area contributed by atoms with Crippen molar-refractivity contribution in [1.82, 2.24) is 9.21 Å². The number of nitrogens with zero attached hydrogens (tertiary/aromatic N) is 2. The van der Waals surface area contributed by atoms with Crippen LogP contribution in [0.1, 0.15) is 12.8 Å². The van der Waals surface area contributed by atoms with Gasteiger partial charge in [0.25, 0.3) is 10.0 Å². The molecule has 1 fully saturated rings. The van der Waals surface area contributed by atoms with Crippen LogP contribution in [-0.4, -0.2) is 62.6 Å². The molecule has 0 aromatic rings. The van der Waals surface area contributed by atoms with Gasteiger partial charge in [-0.25, -0.2) is 8.42 Å². The molecule has 2 N–H and O–H groups in total. The minimum Gasteiger partial charge on any atom is -0.330 e. The summed E-state index contributed by atoms with van der Waals surface area (Å²) in [6, 6.07) is 0. The molecule has 0 saturated carbocycles. The van der Waals surface area contributed by atoms with E-state index in [0.717, 1.165) is 23.8 Å². The first-order valence-electron chi connectivity index (χ1n) is 5.68. The van der Waals surface area contributed by atoms with Gasteiger partial charge in [0.15, 0.2) is 0 Å². The Morgan fingerprint density at radius 2 is 1.88 bits per heavy atom. The topological polar surface area (TPSA) is 66.6 Å². The molecule has 8 heteroatoms. The van der Waals surface area contributed by atoms with E-state index < -0.39 is 15.8 Å². The fourth-order valence-electron chi connectivity index (χ4n) is 1.85. The summed E-state index contributed by atoms with van der Waals surface area (Å²) in [7, 11) is -4.42. The van der Waals surface area contributed by atoms with Crippen LogP contribution < -0.4 is 5.73 Å². The molecule has 0 spiro atoms. The Morgan fingerprint density at radius 3 is 2.47 bits per heavy atom. The molecule has 0 atom stereocenters. The van der Waals surface area contributed by atoms with Crippen LogP contribution >= 0.6 is 0 Å². The standard InChI is InChI=1S/C9H19F2N3O2S/c10-9(11)17(15,16)14-6-2-5-13(7-8-14)4-1-3-12/h9H,1-8,12H2. The van der Waals surface area contributed by atoms with Crippen LogP contribution in [0.2, 0.25) is 0 Å². The lowest BCUT2D eigenvalue weighted by Gasteiger charge is -2.21. The van der Waals surface area contributed by atoms with Crippen molar-refractivity contribution in [3.05, 3.63) is 0 Å². The number of alkyl halides is 2. The lowest BCUT2D eigenvalue weighted by molar-refractivity contribution is 0.218. The van der Waals surface area contributed by atoms with Crippen molar-refractivity contribution in [2.24, 2.45) is 5.73 Å². The molecular formula is C9H19F2N3O2S. The molecule has 0 aromatic carbocycles. The van der Waals surface area contributed by atoms with Gasteiger partial charge in [0.1, 0.15) is 0 Å². The molecule has 0 radical (unpaired) electrons. The largest absolute Gasteiger partial charge is 0.350 e. The predicted molar refractivity (Wildman–Crippen MR) is 61.2 cm³/mol. The number of halogens is 2. The van der Waals surface area contributed by atoms with E-state index in [4.69, 9.17) is 5.73 Å². The zero-order valence-corrected chi connectivity index (χ0v) is 10.5. The van der Waals surface area contributed by atoms with Gasteiger partial charge in [0.05, 0.1) is 0 Å². The highest BCUT2D eigenvalue weighted by molar-refractivity contribution is 7.89. The van der Waals surface area contributed by atoms with Gasteiger partial charge in [-0.1, -0.05) is 0 Å². The highest BCUT2D eigenvalue weighted by Crippen LogP contribution is 2.14. The lowest BCUT2D eigenvalue weighted by atomic mass is 10.3. The van der Waals surface area contributed by atoms with Crippen molar-refractivity contribution in [3.63, 3.8) is 0 Å². The summed E-state index contributed by atoms with van der Waals surface area (Å²) in [6.07, 6.45) is 1.41. The van der Waals surface area contributed by atoms with Gasteiger partial charge in [-0.2, -0.15) is 13.1 Å². The van der Waals surface area contributed by atoms with E-state index in [-0.39, 0.29) is 13.1 Å². The quantitative estimate of drug-likeness (QED) is 0.758. The Labute approximate surface area is 101 Å². The van der Waals surface area contributed by atoms with E-state index in [1.165, 1.54) is 0 Å². The Kier molecular flexibility index (Phi) is 5.71. The van der Waals surface area contributed by atoms with Gasteiger partial charge < -0.3 is 10.6 Å². The van der Waals surface area contributed by atoms with Gasteiger partial charge in [-0.05, 0) is 32.5 Å². The van der Waals surface area contributed by atoms with Gasteiger partial charge >= 0.3 is 5.76 Å². The van der Waals surface area contributed by atoms with Crippen LogP contribution in [-0.2, 0) is 10.0 Å². The van der Waals surface area contributed by atoms with Gasteiger partial charge in [0, 0.05) is 19.6 Å². The van der Waals surface area contributed by atoms with Crippen molar-refractivity contribution < 1.29 is 17.2 Å². The van der Waals surface area contributed by atoms with Crippen LogP contribution in [0.4, 0.5) is 8.78 Å². The molecular weight excluding hydrogens is 252 g/mol. The summed E-state index contributed by atoms with van der Waals surface area (Å²) in [5, 5.41) is 0. The van der Waals surface area contributed by atoms with Crippen molar-refractivity contribution in [1.29, 1.82) is 0 Å². The van der Waals surface area contributed by atoms with Crippen molar-refractivity contribution in [2.75, 3.05) is 39.3 Å². The maximum atomic E-state index is 12.4. The molecule has 0 aromatic heterocycles. The molecule has 0 amide bonds. The fourth-order valence-corrected chi connectivity index (χ4v) is 2.80. The summed E-state index contributed by atoms with van der Waals surface area (Å²) in [6.45, 7) is 2.90. The van der Waals surface area contributed by atoms with Crippen molar-refractivity contribution >= 4 is 10.0 Å². The number of nitrogens with two attached hydrogens (primary N) is 1. The fraction of sp³-hybridized carbons (Fsp3) is 1.00. The summed E-state index contributed by atoms with van der Waals surface area (Å²) < 4.78 is 48.2. The Morgan fingerprint density at radius 1 is 1.18 bits per heavy atom. The third-order valence-electron chi connectivity index (χ3n) is 2.81. The maximum Gasteiger partial charge on any atom is 0.350 e. The van der Waals surface area contributed by atoms with E-state index in [9.17, 15) is 17.2 Å². The molecule has 0 unspecified atom stereocenters. The highest BCUT2D eigenvalue weighted by atomic mass is 32.2. The molecule has 1 rings (SSSR count). The van der Waals surface area contributed by atoms with Gasteiger partial charge in [0.2, 0.25) is 0 Å². The monoisotopic (exact) mass is 271 g/mol. The van der Waals surface area contributed by atoms with E-state index in [0.29, 0.717) is 19.5 Å². The number of sulfonamides is 1. The molecule has 0 bridgehead atoms. The van der Waals surface area contributed by atoms with Crippen LogP contribution in [0.5, 0.6) is 0 Å². The smallest absolute Gasteiger partial charge is 0.330 e. The number of hydrogen-bond donors (Lipinski definition) is 1. The van der Waals surface area contributed by atoms with Gasteiger partial charge in [-0.15, -0.1) is 0 Å². The lowest BCUT2D eigenvalue weighted by Crippen LogP contribution is -2.38. The Bertz CT molecular complexity index is 324. The summed E-state index contributed by atoms with van der Waals surface area (Å²) >= 11 is 0. The molecule has 1 aliphatic rings. The minimum atomic E-state index is -4.42. The molecule has 0 aliphatic carbocycles. The Balaban J connectivity index is 2.53. The maximum absolute atomic E-state index is 12.4. The van der Waals surface area contributed by atoms with Crippen LogP contribution in [0.15, 0.2) is 0 Å².